The Morgan fingerprint density at radius 1 is 1.23 bits per heavy atom. The average molecular weight is 180 g/mol. The Labute approximate surface area is 73.3 Å². The summed E-state index contributed by atoms with van der Waals surface area (Å²) < 4.78 is 3.24. The number of aromatic nitrogens is 7. The first-order valence-electron chi connectivity index (χ1n) is 3.71. The van der Waals surface area contributed by atoms with Crippen molar-refractivity contribution in [1.29, 1.82) is 0 Å². The van der Waals surface area contributed by atoms with Gasteiger partial charge < -0.3 is 5.73 Å². The van der Waals surface area contributed by atoms with Gasteiger partial charge in [0, 0.05) is 0 Å². The van der Waals surface area contributed by atoms with Gasteiger partial charge >= 0.3 is 0 Å². The molecule has 0 radical (unpaired) electrons. The Morgan fingerprint density at radius 3 is 2.69 bits per heavy atom. The van der Waals surface area contributed by atoms with Crippen molar-refractivity contribution in [2.24, 2.45) is 0 Å². The number of tetrazole rings is 1. The Bertz CT molecular complexity index is 362. The van der Waals surface area contributed by atoms with Crippen molar-refractivity contribution in [3.63, 3.8) is 0 Å². The number of anilines is 1. The SMILES string of the molecule is Nc1cn(CCn2cnnn2)nn1. The van der Waals surface area contributed by atoms with Crippen LogP contribution in [0, 0.1) is 0 Å². The molecule has 8 heteroatoms. The molecule has 0 fully saturated rings. The third-order valence-corrected chi connectivity index (χ3v) is 1.51. The number of hydrogen-bond donors (Lipinski definition) is 1. The van der Waals surface area contributed by atoms with E-state index in [9.17, 15) is 0 Å². The number of aryl methyl sites for hydroxylation is 2. The molecule has 2 aromatic rings. The van der Waals surface area contributed by atoms with Crippen molar-refractivity contribution in [3.8, 4) is 0 Å². The van der Waals surface area contributed by atoms with Gasteiger partial charge in [0.2, 0.25) is 0 Å². The molecule has 8 nitrogen and oxygen atoms in total. The monoisotopic (exact) mass is 180 g/mol. The average Bonchev–Trinajstić information content (AvgIpc) is 2.71. The Balaban J connectivity index is 1.93. The zero-order chi connectivity index (χ0) is 9.10. The molecule has 0 aliphatic heterocycles. The predicted molar refractivity (Wildman–Crippen MR) is 42.3 cm³/mol. The fraction of sp³-hybridized carbons (Fsp3) is 0.400. The van der Waals surface area contributed by atoms with Crippen LogP contribution in [0.4, 0.5) is 5.82 Å². The third kappa shape index (κ3) is 1.78. The van der Waals surface area contributed by atoms with Crippen molar-refractivity contribution in [3.05, 3.63) is 12.5 Å². The van der Waals surface area contributed by atoms with Crippen LogP contribution in [0.5, 0.6) is 0 Å². The molecule has 0 aliphatic rings. The molecule has 0 saturated carbocycles. The van der Waals surface area contributed by atoms with Gasteiger partial charge in [-0.25, -0.2) is 9.36 Å². The fourth-order valence-corrected chi connectivity index (χ4v) is 0.910. The first-order chi connectivity index (χ1) is 6.34. The summed E-state index contributed by atoms with van der Waals surface area (Å²) in [7, 11) is 0. The lowest BCUT2D eigenvalue weighted by Gasteiger charge is -1.97. The summed E-state index contributed by atoms with van der Waals surface area (Å²) in [4.78, 5) is 0. The maximum atomic E-state index is 5.39. The molecule has 0 unspecified atom stereocenters. The van der Waals surface area contributed by atoms with Crippen molar-refractivity contribution in [2.75, 3.05) is 5.73 Å². The Kier molecular flexibility index (Phi) is 1.87. The van der Waals surface area contributed by atoms with Gasteiger partial charge in [-0.05, 0) is 10.4 Å². The van der Waals surface area contributed by atoms with E-state index < -0.39 is 0 Å². The highest BCUT2D eigenvalue weighted by molar-refractivity contribution is 5.19. The van der Waals surface area contributed by atoms with Gasteiger partial charge in [0.1, 0.15) is 6.33 Å². The second-order valence-corrected chi connectivity index (χ2v) is 2.48. The number of rotatable bonds is 3. The quantitative estimate of drug-likeness (QED) is 0.620. The minimum absolute atomic E-state index is 0.414. The van der Waals surface area contributed by atoms with Crippen LogP contribution in [0.2, 0.25) is 0 Å². The molecule has 0 aliphatic carbocycles. The lowest BCUT2D eigenvalue weighted by molar-refractivity contribution is 0.480. The summed E-state index contributed by atoms with van der Waals surface area (Å²) in [5.41, 5.74) is 5.39. The van der Waals surface area contributed by atoms with Crippen LogP contribution in [0.1, 0.15) is 0 Å². The molecule has 2 heterocycles. The summed E-state index contributed by atoms with van der Waals surface area (Å²) >= 11 is 0. The smallest absolute Gasteiger partial charge is 0.165 e. The van der Waals surface area contributed by atoms with Gasteiger partial charge in [0.05, 0.1) is 19.3 Å². The third-order valence-electron chi connectivity index (χ3n) is 1.51. The van der Waals surface area contributed by atoms with E-state index in [4.69, 9.17) is 5.73 Å². The van der Waals surface area contributed by atoms with Crippen LogP contribution in [0.3, 0.4) is 0 Å². The minimum atomic E-state index is 0.414. The Morgan fingerprint density at radius 2 is 2.08 bits per heavy atom. The van der Waals surface area contributed by atoms with Gasteiger partial charge in [-0.15, -0.1) is 10.2 Å². The van der Waals surface area contributed by atoms with E-state index >= 15 is 0 Å². The molecule has 2 aromatic heterocycles. The molecule has 13 heavy (non-hydrogen) atoms. The summed E-state index contributed by atoms with van der Waals surface area (Å²) in [6, 6.07) is 0. The van der Waals surface area contributed by atoms with Crippen LogP contribution in [-0.4, -0.2) is 35.2 Å². The van der Waals surface area contributed by atoms with E-state index in [2.05, 4.69) is 25.8 Å². The maximum Gasteiger partial charge on any atom is 0.165 e. The van der Waals surface area contributed by atoms with Gasteiger partial charge in [0.15, 0.2) is 5.82 Å². The number of hydrogen-bond acceptors (Lipinski definition) is 6. The molecule has 0 saturated heterocycles. The highest BCUT2D eigenvalue weighted by atomic mass is 15.5. The number of nitrogens with zero attached hydrogens (tertiary/aromatic N) is 7. The summed E-state index contributed by atoms with van der Waals surface area (Å²) in [5, 5.41) is 18.1. The lowest BCUT2D eigenvalue weighted by Crippen LogP contribution is -2.08. The molecule has 0 amide bonds. The zero-order valence-corrected chi connectivity index (χ0v) is 6.78. The maximum absolute atomic E-state index is 5.39. The van der Waals surface area contributed by atoms with Crippen LogP contribution < -0.4 is 5.73 Å². The fourth-order valence-electron chi connectivity index (χ4n) is 0.910. The normalized spacial score (nSPS) is 10.5. The predicted octanol–water partition coefficient (Wildman–Crippen LogP) is -1.45. The molecule has 0 aromatic carbocycles. The topological polar surface area (TPSA) is 100 Å². The van der Waals surface area contributed by atoms with E-state index in [0.29, 0.717) is 18.9 Å². The molecular formula is C5H8N8. The molecule has 0 bridgehead atoms. The van der Waals surface area contributed by atoms with Gasteiger partial charge in [-0.3, -0.25) is 0 Å². The minimum Gasteiger partial charge on any atom is -0.381 e. The molecular weight excluding hydrogens is 172 g/mol. The number of nitrogens with two attached hydrogens (primary N) is 1. The van der Waals surface area contributed by atoms with Gasteiger partial charge in [0.25, 0.3) is 0 Å². The van der Waals surface area contributed by atoms with Crippen molar-refractivity contribution >= 4 is 5.82 Å². The van der Waals surface area contributed by atoms with Gasteiger partial charge in [-0.1, -0.05) is 5.21 Å². The van der Waals surface area contributed by atoms with Gasteiger partial charge in [-0.2, -0.15) is 0 Å². The van der Waals surface area contributed by atoms with E-state index in [1.54, 1.807) is 21.9 Å². The molecule has 2 rings (SSSR count). The first-order valence-corrected chi connectivity index (χ1v) is 3.71. The van der Waals surface area contributed by atoms with E-state index in [1.807, 2.05) is 0 Å². The second kappa shape index (κ2) is 3.17. The highest BCUT2D eigenvalue weighted by Gasteiger charge is 1.97. The van der Waals surface area contributed by atoms with Crippen LogP contribution in [-0.2, 0) is 13.1 Å². The van der Waals surface area contributed by atoms with E-state index in [0.717, 1.165) is 0 Å². The van der Waals surface area contributed by atoms with Crippen LogP contribution >= 0.6 is 0 Å². The molecule has 2 N–H and O–H groups in total. The summed E-state index contributed by atoms with van der Waals surface area (Å²) in [6.07, 6.45) is 3.20. The van der Waals surface area contributed by atoms with Crippen LogP contribution in [0.25, 0.3) is 0 Å². The highest BCUT2D eigenvalue weighted by Crippen LogP contribution is 1.92. The van der Waals surface area contributed by atoms with Crippen LogP contribution in [0.15, 0.2) is 12.5 Å². The lowest BCUT2D eigenvalue weighted by atomic mass is 10.6. The molecule has 0 atom stereocenters. The van der Waals surface area contributed by atoms with E-state index in [-0.39, 0.29) is 0 Å². The Hall–Kier alpha value is -1.99. The first kappa shape index (κ1) is 7.65. The summed E-state index contributed by atoms with van der Waals surface area (Å²) in [5.74, 6) is 0.414. The molecule has 68 valence electrons. The standard InChI is InChI=1S/C5H8N8/c6-5-3-12(10-8-5)1-2-13-4-7-9-11-13/h3-4H,1-2,6H2. The van der Waals surface area contributed by atoms with Crippen molar-refractivity contribution < 1.29 is 0 Å². The largest absolute Gasteiger partial charge is 0.381 e. The summed E-state index contributed by atoms with van der Waals surface area (Å²) in [6.45, 7) is 1.30. The van der Waals surface area contributed by atoms with Crippen molar-refractivity contribution in [2.45, 2.75) is 13.1 Å². The number of nitrogen functional groups attached to an aromatic ring is 1. The second-order valence-electron chi connectivity index (χ2n) is 2.48. The zero-order valence-electron chi connectivity index (χ0n) is 6.78. The molecule has 0 spiro atoms. The van der Waals surface area contributed by atoms with Crippen molar-refractivity contribution in [1.82, 2.24) is 35.2 Å². The van der Waals surface area contributed by atoms with E-state index in [1.165, 1.54) is 0 Å².